The quantitative estimate of drug-likeness (QED) is 0.919. The molecular formula is C12H15BrN2O3. The summed E-state index contributed by atoms with van der Waals surface area (Å²) in [6.07, 6.45) is 2.39. The molecule has 0 aliphatic heterocycles. The number of nitrogens with zero attached hydrogens (tertiary/aromatic N) is 2. The number of methoxy groups -OCH3 is 1. The van der Waals surface area contributed by atoms with Crippen molar-refractivity contribution in [2.75, 3.05) is 13.7 Å². The SMILES string of the molecule is COCCn1ncc(Br)c1C(O)c1occc1C. The van der Waals surface area contributed by atoms with E-state index in [1.54, 1.807) is 24.3 Å². The van der Waals surface area contributed by atoms with Gasteiger partial charge in [0.05, 0.1) is 35.8 Å². The molecule has 0 aromatic carbocycles. The second-order valence-corrected chi connectivity index (χ2v) is 4.82. The molecule has 1 atom stereocenters. The number of ether oxygens (including phenoxy) is 1. The number of aromatic nitrogens is 2. The molecule has 0 spiro atoms. The van der Waals surface area contributed by atoms with Gasteiger partial charge in [-0.25, -0.2) is 0 Å². The maximum atomic E-state index is 10.4. The molecule has 0 amide bonds. The van der Waals surface area contributed by atoms with Crippen molar-refractivity contribution in [1.29, 1.82) is 0 Å². The molecule has 2 heterocycles. The van der Waals surface area contributed by atoms with E-state index >= 15 is 0 Å². The van der Waals surface area contributed by atoms with Crippen LogP contribution in [0.4, 0.5) is 0 Å². The molecule has 2 rings (SSSR count). The maximum Gasteiger partial charge on any atom is 0.154 e. The Balaban J connectivity index is 2.32. The van der Waals surface area contributed by atoms with Gasteiger partial charge in [-0.05, 0) is 34.5 Å². The van der Waals surface area contributed by atoms with Crippen molar-refractivity contribution in [1.82, 2.24) is 9.78 Å². The summed E-state index contributed by atoms with van der Waals surface area (Å²) in [7, 11) is 1.63. The third kappa shape index (κ3) is 2.50. The fourth-order valence-electron chi connectivity index (χ4n) is 1.79. The second kappa shape index (κ2) is 5.69. The van der Waals surface area contributed by atoms with Crippen LogP contribution in [0, 0.1) is 6.92 Å². The van der Waals surface area contributed by atoms with Crippen LogP contribution in [0.5, 0.6) is 0 Å². The Morgan fingerprint density at radius 1 is 1.61 bits per heavy atom. The van der Waals surface area contributed by atoms with Crippen LogP contribution in [0.3, 0.4) is 0 Å². The summed E-state index contributed by atoms with van der Waals surface area (Å²) in [5.41, 5.74) is 1.58. The van der Waals surface area contributed by atoms with Crippen molar-refractivity contribution in [3.05, 3.63) is 40.0 Å². The first-order valence-corrected chi connectivity index (χ1v) is 6.36. The third-order valence-corrected chi connectivity index (χ3v) is 3.36. The van der Waals surface area contributed by atoms with Crippen LogP contribution in [-0.2, 0) is 11.3 Å². The lowest BCUT2D eigenvalue weighted by Crippen LogP contribution is -2.13. The highest BCUT2D eigenvalue weighted by molar-refractivity contribution is 9.10. The highest BCUT2D eigenvalue weighted by Crippen LogP contribution is 2.30. The Morgan fingerprint density at radius 2 is 2.39 bits per heavy atom. The monoisotopic (exact) mass is 314 g/mol. The minimum Gasteiger partial charge on any atom is -0.466 e. The molecule has 0 fully saturated rings. The maximum absolute atomic E-state index is 10.4. The minimum absolute atomic E-state index is 0.533. The van der Waals surface area contributed by atoms with Gasteiger partial charge in [-0.3, -0.25) is 4.68 Å². The molecule has 0 radical (unpaired) electrons. The van der Waals surface area contributed by atoms with E-state index < -0.39 is 6.10 Å². The smallest absolute Gasteiger partial charge is 0.154 e. The van der Waals surface area contributed by atoms with Gasteiger partial charge in [0.2, 0.25) is 0 Å². The van der Waals surface area contributed by atoms with Crippen molar-refractivity contribution in [2.45, 2.75) is 19.6 Å². The summed E-state index contributed by atoms with van der Waals surface area (Å²) in [4.78, 5) is 0. The molecule has 0 bridgehead atoms. The van der Waals surface area contributed by atoms with Gasteiger partial charge in [0.25, 0.3) is 0 Å². The zero-order valence-corrected chi connectivity index (χ0v) is 11.8. The number of aliphatic hydroxyl groups excluding tert-OH is 1. The molecule has 0 aliphatic carbocycles. The van der Waals surface area contributed by atoms with Gasteiger partial charge in [-0.15, -0.1) is 0 Å². The van der Waals surface area contributed by atoms with E-state index in [1.165, 1.54) is 0 Å². The summed E-state index contributed by atoms with van der Waals surface area (Å²) < 4.78 is 12.8. The largest absolute Gasteiger partial charge is 0.466 e. The number of rotatable bonds is 5. The molecule has 0 aliphatic rings. The lowest BCUT2D eigenvalue weighted by molar-refractivity contribution is 0.159. The summed E-state index contributed by atoms with van der Waals surface area (Å²) in [5.74, 6) is 0.537. The van der Waals surface area contributed by atoms with E-state index in [4.69, 9.17) is 9.15 Å². The summed E-state index contributed by atoms with van der Waals surface area (Å²) in [6.45, 7) is 3.01. The Bertz CT molecular complexity index is 521. The van der Waals surface area contributed by atoms with Crippen LogP contribution in [-0.4, -0.2) is 28.6 Å². The first kappa shape index (κ1) is 13.3. The molecule has 2 aromatic rings. The number of halogens is 1. The predicted molar refractivity (Wildman–Crippen MR) is 69.3 cm³/mol. The minimum atomic E-state index is -0.839. The van der Waals surface area contributed by atoms with Gasteiger partial charge in [-0.1, -0.05) is 0 Å². The van der Waals surface area contributed by atoms with Gasteiger partial charge in [0.1, 0.15) is 5.76 Å². The summed E-state index contributed by atoms with van der Waals surface area (Å²) in [5, 5.41) is 14.6. The van der Waals surface area contributed by atoms with Gasteiger partial charge < -0.3 is 14.3 Å². The fraction of sp³-hybridized carbons (Fsp3) is 0.417. The van der Waals surface area contributed by atoms with E-state index in [0.29, 0.717) is 24.6 Å². The van der Waals surface area contributed by atoms with Gasteiger partial charge in [0.15, 0.2) is 6.10 Å². The van der Waals surface area contributed by atoms with Crippen LogP contribution in [0.15, 0.2) is 27.4 Å². The first-order valence-electron chi connectivity index (χ1n) is 5.57. The van der Waals surface area contributed by atoms with Gasteiger partial charge in [0, 0.05) is 7.11 Å². The number of aryl methyl sites for hydroxylation is 1. The zero-order chi connectivity index (χ0) is 13.1. The first-order chi connectivity index (χ1) is 8.65. The lowest BCUT2D eigenvalue weighted by Gasteiger charge is -2.13. The molecule has 2 aromatic heterocycles. The van der Waals surface area contributed by atoms with Crippen LogP contribution in [0.25, 0.3) is 0 Å². The Hall–Kier alpha value is -1.11. The van der Waals surface area contributed by atoms with Crippen molar-refractivity contribution in [2.24, 2.45) is 0 Å². The molecule has 98 valence electrons. The van der Waals surface area contributed by atoms with E-state index in [-0.39, 0.29) is 0 Å². The van der Waals surface area contributed by atoms with Crippen molar-refractivity contribution in [3.8, 4) is 0 Å². The Kier molecular flexibility index (Phi) is 4.21. The summed E-state index contributed by atoms with van der Waals surface area (Å²) >= 11 is 3.39. The highest BCUT2D eigenvalue weighted by Gasteiger charge is 2.23. The Labute approximate surface area is 113 Å². The van der Waals surface area contributed by atoms with Crippen molar-refractivity contribution in [3.63, 3.8) is 0 Å². The Morgan fingerprint density at radius 3 is 3.00 bits per heavy atom. The second-order valence-electron chi connectivity index (χ2n) is 3.96. The van der Waals surface area contributed by atoms with Crippen molar-refractivity contribution < 1.29 is 14.3 Å². The lowest BCUT2D eigenvalue weighted by atomic mass is 10.1. The molecule has 6 heteroatoms. The van der Waals surface area contributed by atoms with E-state index in [9.17, 15) is 5.11 Å². The fourth-order valence-corrected chi connectivity index (χ4v) is 2.30. The summed E-state index contributed by atoms with van der Waals surface area (Å²) in [6, 6.07) is 1.82. The number of hydrogen-bond donors (Lipinski definition) is 1. The number of hydrogen-bond acceptors (Lipinski definition) is 4. The normalized spacial score (nSPS) is 12.9. The van der Waals surface area contributed by atoms with E-state index in [2.05, 4.69) is 21.0 Å². The molecule has 0 saturated heterocycles. The zero-order valence-electron chi connectivity index (χ0n) is 10.3. The van der Waals surface area contributed by atoms with Crippen LogP contribution >= 0.6 is 15.9 Å². The highest BCUT2D eigenvalue weighted by atomic mass is 79.9. The average Bonchev–Trinajstić information content (AvgIpc) is 2.92. The molecule has 1 unspecified atom stereocenters. The van der Waals surface area contributed by atoms with Crippen LogP contribution in [0.2, 0.25) is 0 Å². The van der Waals surface area contributed by atoms with Gasteiger partial charge >= 0.3 is 0 Å². The van der Waals surface area contributed by atoms with Crippen molar-refractivity contribution >= 4 is 15.9 Å². The molecular weight excluding hydrogens is 300 g/mol. The van der Waals surface area contributed by atoms with E-state index in [0.717, 1.165) is 10.0 Å². The molecule has 18 heavy (non-hydrogen) atoms. The molecule has 0 saturated carbocycles. The topological polar surface area (TPSA) is 60.4 Å². The van der Waals surface area contributed by atoms with Crippen LogP contribution < -0.4 is 0 Å². The molecule has 1 N–H and O–H groups in total. The average molecular weight is 315 g/mol. The number of aliphatic hydroxyl groups is 1. The third-order valence-electron chi connectivity index (χ3n) is 2.75. The standard InChI is InChI=1S/C12H15BrN2O3/c1-8-3-5-18-12(8)11(16)10-9(13)7-14-15(10)4-6-17-2/h3,5,7,11,16H,4,6H2,1-2H3. The number of furan rings is 1. The van der Waals surface area contributed by atoms with E-state index in [1.807, 2.05) is 13.0 Å². The van der Waals surface area contributed by atoms with Crippen LogP contribution in [0.1, 0.15) is 23.1 Å². The molecule has 5 nitrogen and oxygen atoms in total. The van der Waals surface area contributed by atoms with Gasteiger partial charge in [-0.2, -0.15) is 5.10 Å². The predicted octanol–water partition coefficient (Wildman–Crippen LogP) is 2.28.